The van der Waals surface area contributed by atoms with Crippen LogP contribution < -0.4 is 14.8 Å². The molecule has 3 rings (SSSR count). The van der Waals surface area contributed by atoms with Crippen molar-refractivity contribution in [2.75, 3.05) is 20.3 Å². The van der Waals surface area contributed by atoms with Crippen LogP contribution in [-0.2, 0) is 22.6 Å². The second-order valence-corrected chi connectivity index (χ2v) is 8.82. The fourth-order valence-electron chi connectivity index (χ4n) is 4.02. The molecule has 0 bridgehead atoms. The summed E-state index contributed by atoms with van der Waals surface area (Å²) in [6.45, 7) is 4.28. The Morgan fingerprint density at radius 1 is 1.05 bits per heavy atom. The standard InChI is InChI=1S/C29H33N3O6/c1-4-16-30-29(34)26(17-22-11-6-5-7-12-22)31(19-23-13-9-8-10-21(23)2)28(33)20-38-24-14-15-25(32(35)36)27(18-24)37-3/h5-15,18,26H,4,16-17,19-20H2,1-3H3,(H,30,34)/t26-/m1/s1. The van der Waals surface area contributed by atoms with Gasteiger partial charge in [-0.25, -0.2) is 0 Å². The van der Waals surface area contributed by atoms with E-state index in [1.165, 1.54) is 25.3 Å². The van der Waals surface area contributed by atoms with Crippen LogP contribution in [-0.4, -0.2) is 47.9 Å². The lowest BCUT2D eigenvalue weighted by atomic mass is 10.0. The number of hydrogen-bond acceptors (Lipinski definition) is 6. The van der Waals surface area contributed by atoms with E-state index in [1.807, 2.05) is 68.4 Å². The molecule has 200 valence electrons. The second-order valence-electron chi connectivity index (χ2n) is 8.82. The quantitative estimate of drug-likeness (QED) is 0.264. The molecular weight excluding hydrogens is 486 g/mol. The summed E-state index contributed by atoms with van der Waals surface area (Å²) in [7, 11) is 1.32. The molecule has 0 radical (unpaired) electrons. The van der Waals surface area contributed by atoms with E-state index in [-0.39, 0.29) is 36.2 Å². The van der Waals surface area contributed by atoms with Gasteiger partial charge in [-0.05, 0) is 36.1 Å². The smallest absolute Gasteiger partial charge is 0.311 e. The molecule has 0 fully saturated rings. The van der Waals surface area contributed by atoms with Crippen molar-refractivity contribution in [3.05, 3.63) is 99.6 Å². The van der Waals surface area contributed by atoms with Gasteiger partial charge in [0, 0.05) is 31.6 Å². The number of carbonyl (C=O) groups is 2. The number of nitro benzene ring substituents is 1. The van der Waals surface area contributed by atoms with Crippen LogP contribution in [0, 0.1) is 17.0 Å². The Balaban J connectivity index is 1.91. The van der Waals surface area contributed by atoms with Crippen molar-refractivity contribution in [2.45, 2.75) is 39.3 Å². The highest BCUT2D eigenvalue weighted by Crippen LogP contribution is 2.31. The van der Waals surface area contributed by atoms with E-state index in [9.17, 15) is 19.7 Å². The van der Waals surface area contributed by atoms with E-state index in [0.717, 1.165) is 23.1 Å². The van der Waals surface area contributed by atoms with Crippen LogP contribution in [0.4, 0.5) is 5.69 Å². The molecule has 0 aliphatic carbocycles. The maximum atomic E-state index is 13.7. The van der Waals surface area contributed by atoms with Gasteiger partial charge in [-0.3, -0.25) is 19.7 Å². The molecule has 0 aromatic heterocycles. The van der Waals surface area contributed by atoms with Crippen molar-refractivity contribution in [1.82, 2.24) is 10.2 Å². The minimum absolute atomic E-state index is 0.0256. The maximum Gasteiger partial charge on any atom is 0.311 e. The van der Waals surface area contributed by atoms with Crippen molar-refractivity contribution in [3.63, 3.8) is 0 Å². The Morgan fingerprint density at radius 2 is 1.76 bits per heavy atom. The highest BCUT2D eigenvalue weighted by Gasteiger charge is 2.31. The van der Waals surface area contributed by atoms with E-state index in [1.54, 1.807) is 4.90 Å². The van der Waals surface area contributed by atoms with E-state index >= 15 is 0 Å². The topological polar surface area (TPSA) is 111 Å². The van der Waals surface area contributed by atoms with Gasteiger partial charge in [-0.2, -0.15) is 0 Å². The third-order valence-electron chi connectivity index (χ3n) is 6.13. The molecule has 0 spiro atoms. The van der Waals surface area contributed by atoms with Gasteiger partial charge in [0.2, 0.25) is 11.7 Å². The van der Waals surface area contributed by atoms with Crippen molar-refractivity contribution in [3.8, 4) is 11.5 Å². The molecule has 0 heterocycles. The van der Waals surface area contributed by atoms with Gasteiger partial charge >= 0.3 is 5.69 Å². The van der Waals surface area contributed by atoms with Gasteiger partial charge in [0.25, 0.3) is 5.91 Å². The van der Waals surface area contributed by atoms with Crippen molar-refractivity contribution >= 4 is 17.5 Å². The Labute approximate surface area is 222 Å². The third kappa shape index (κ3) is 7.55. The van der Waals surface area contributed by atoms with Crippen LogP contribution in [0.2, 0.25) is 0 Å². The summed E-state index contributed by atoms with van der Waals surface area (Å²) in [5, 5.41) is 14.1. The first-order valence-corrected chi connectivity index (χ1v) is 12.4. The van der Waals surface area contributed by atoms with Gasteiger partial charge in [0.15, 0.2) is 6.61 Å². The van der Waals surface area contributed by atoms with E-state index in [4.69, 9.17) is 9.47 Å². The van der Waals surface area contributed by atoms with Crippen LogP contribution in [0.3, 0.4) is 0 Å². The summed E-state index contributed by atoms with van der Waals surface area (Å²) in [6, 6.07) is 20.5. The Kier molecular flexibility index (Phi) is 10.2. The van der Waals surface area contributed by atoms with Crippen LogP contribution in [0.15, 0.2) is 72.8 Å². The first-order chi connectivity index (χ1) is 18.3. The number of hydrogen-bond donors (Lipinski definition) is 1. The Morgan fingerprint density at radius 3 is 2.42 bits per heavy atom. The highest BCUT2D eigenvalue weighted by molar-refractivity contribution is 5.88. The van der Waals surface area contributed by atoms with Gasteiger partial charge in [0.1, 0.15) is 11.8 Å². The highest BCUT2D eigenvalue weighted by atomic mass is 16.6. The predicted molar refractivity (Wildman–Crippen MR) is 144 cm³/mol. The minimum Gasteiger partial charge on any atom is -0.490 e. The van der Waals surface area contributed by atoms with E-state index in [2.05, 4.69) is 5.32 Å². The average molecular weight is 520 g/mol. The zero-order chi connectivity index (χ0) is 27.5. The molecule has 9 heteroatoms. The summed E-state index contributed by atoms with van der Waals surface area (Å²) >= 11 is 0. The van der Waals surface area contributed by atoms with E-state index in [0.29, 0.717) is 13.0 Å². The van der Waals surface area contributed by atoms with Gasteiger partial charge in [-0.15, -0.1) is 0 Å². The molecule has 1 atom stereocenters. The number of amides is 2. The Hall–Kier alpha value is -4.40. The van der Waals surface area contributed by atoms with Gasteiger partial charge in [-0.1, -0.05) is 61.5 Å². The van der Waals surface area contributed by atoms with E-state index < -0.39 is 16.9 Å². The molecule has 3 aromatic rings. The number of rotatable bonds is 13. The second kappa shape index (κ2) is 13.8. The lowest BCUT2D eigenvalue weighted by Gasteiger charge is -2.32. The number of carbonyl (C=O) groups excluding carboxylic acids is 2. The molecule has 9 nitrogen and oxygen atoms in total. The van der Waals surface area contributed by atoms with Crippen molar-refractivity contribution < 1.29 is 24.0 Å². The number of methoxy groups -OCH3 is 1. The fraction of sp³-hybridized carbons (Fsp3) is 0.310. The molecule has 0 unspecified atom stereocenters. The van der Waals surface area contributed by atoms with Crippen LogP contribution in [0.5, 0.6) is 11.5 Å². The van der Waals surface area contributed by atoms with Gasteiger partial charge in [0.05, 0.1) is 12.0 Å². The van der Waals surface area contributed by atoms with Gasteiger partial charge < -0.3 is 19.7 Å². The Bertz CT molecular complexity index is 1250. The van der Waals surface area contributed by atoms with Crippen LogP contribution >= 0.6 is 0 Å². The molecule has 0 saturated heterocycles. The number of nitro groups is 1. The molecule has 0 aliphatic heterocycles. The number of nitrogens with zero attached hydrogens (tertiary/aromatic N) is 2. The molecular formula is C29H33N3O6. The largest absolute Gasteiger partial charge is 0.490 e. The zero-order valence-electron chi connectivity index (χ0n) is 21.9. The molecule has 1 N–H and O–H groups in total. The normalized spacial score (nSPS) is 11.3. The number of benzene rings is 3. The summed E-state index contributed by atoms with van der Waals surface area (Å²) in [4.78, 5) is 39.2. The first kappa shape index (κ1) is 28.2. The molecule has 3 aromatic carbocycles. The SMILES string of the molecule is CCCNC(=O)[C@@H](Cc1ccccc1)N(Cc1ccccc1C)C(=O)COc1ccc([N+](=O)[O-])c(OC)c1. The molecule has 2 amide bonds. The third-order valence-corrected chi connectivity index (χ3v) is 6.13. The number of ether oxygens (including phenoxy) is 2. The fourth-order valence-corrected chi connectivity index (χ4v) is 4.02. The summed E-state index contributed by atoms with van der Waals surface area (Å²) in [5.41, 5.74) is 2.63. The molecule has 0 aliphatic rings. The minimum atomic E-state index is -0.772. The zero-order valence-corrected chi connectivity index (χ0v) is 21.9. The average Bonchev–Trinajstić information content (AvgIpc) is 2.93. The monoisotopic (exact) mass is 519 g/mol. The molecule has 38 heavy (non-hydrogen) atoms. The lowest BCUT2D eigenvalue weighted by molar-refractivity contribution is -0.385. The molecule has 0 saturated carbocycles. The summed E-state index contributed by atoms with van der Waals surface area (Å²) in [6.07, 6.45) is 1.10. The summed E-state index contributed by atoms with van der Waals surface area (Å²) in [5.74, 6) is -0.364. The predicted octanol–water partition coefficient (Wildman–Crippen LogP) is 4.46. The van der Waals surface area contributed by atoms with Crippen LogP contribution in [0.25, 0.3) is 0 Å². The lowest BCUT2D eigenvalue weighted by Crippen LogP contribution is -2.51. The number of aryl methyl sites for hydroxylation is 1. The van der Waals surface area contributed by atoms with Crippen molar-refractivity contribution in [1.29, 1.82) is 0 Å². The maximum absolute atomic E-state index is 13.7. The van der Waals surface area contributed by atoms with Crippen LogP contribution in [0.1, 0.15) is 30.0 Å². The first-order valence-electron chi connectivity index (χ1n) is 12.4. The summed E-state index contributed by atoms with van der Waals surface area (Å²) < 4.78 is 10.8. The number of nitrogens with one attached hydrogen (secondary N) is 1. The van der Waals surface area contributed by atoms with Crippen molar-refractivity contribution in [2.24, 2.45) is 0 Å².